The van der Waals surface area contributed by atoms with Gasteiger partial charge in [0.25, 0.3) is 0 Å². The summed E-state index contributed by atoms with van der Waals surface area (Å²) < 4.78 is 10.8. The fourth-order valence-electron chi connectivity index (χ4n) is 1.78. The lowest BCUT2D eigenvalue weighted by Gasteiger charge is -2.13. The average molecular weight is 275 g/mol. The standard InChI is InChI=1S/C15H17NO4/c1-10-11(7-14(20-10)15(17)18)9-19-13-6-4-5-12(8-13)16(2)3/h4-8H,9H2,1-3H3,(H,17,18). The van der Waals surface area contributed by atoms with Crippen LogP contribution in [0.25, 0.3) is 0 Å². The van der Waals surface area contributed by atoms with E-state index in [9.17, 15) is 4.79 Å². The molecule has 5 heteroatoms. The number of benzene rings is 1. The molecule has 0 unspecified atom stereocenters. The third-order valence-electron chi connectivity index (χ3n) is 2.96. The number of carboxylic acids is 1. The maximum atomic E-state index is 10.8. The van der Waals surface area contributed by atoms with Crippen LogP contribution in [0.3, 0.4) is 0 Å². The van der Waals surface area contributed by atoms with Gasteiger partial charge >= 0.3 is 5.97 Å². The molecule has 1 heterocycles. The summed E-state index contributed by atoms with van der Waals surface area (Å²) in [5.41, 5.74) is 1.77. The molecule has 0 radical (unpaired) electrons. The third kappa shape index (κ3) is 3.12. The first kappa shape index (κ1) is 14.0. The molecule has 20 heavy (non-hydrogen) atoms. The predicted octanol–water partition coefficient (Wildman–Crippen LogP) is 2.93. The number of hydrogen-bond donors (Lipinski definition) is 1. The first-order valence-corrected chi connectivity index (χ1v) is 6.20. The summed E-state index contributed by atoms with van der Waals surface area (Å²) in [5.74, 6) is 0.150. The number of nitrogens with zero attached hydrogens (tertiary/aromatic N) is 1. The first-order chi connectivity index (χ1) is 9.47. The van der Waals surface area contributed by atoms with Gasteiger partial charge in [-0.3, -0.25) is 0 Å². The molecule has 0 spiro atoms. The Morgan fingerprint density at radius 1 is 1.35 bits per heavy atom. The van der Waals surface area contributed by atoms with Crippen LogP contribution in [0.2, 0.25) is 0 Å². The zero-order chi connectivity index (χ0) is 14.7. The van der Waals surface area contributed by atoms with E-state index < -0.39 is 5.97 Å². The molecule has 0 atom stereocenters. The highest BCUT2D eigenvalue weighted by atomic mass is 16.5. The van der Waals surface area contributed by atoms with Gasteiger partial charge in [-0.2, -0.15) is 0 Å². The topological polar surface area (TPSA) is 62.9 Å². The van der Waals surface area contributed by atoms with Gasteiger partial charge in [0.15, 0.2) is 0 Å². The normalized spacial score (nSPS) is 10.3. The summed E-state index contributed by atoms with van der Waals surface area (Å²) in [4.78, 5) is 12.8. The number of aryl methyl sites for hydroxylation is 1. The minimum absolute atomic E-state index is 0.0665. The van der Waals surface area contributed by atoms with Crippen molar-refractivity contribution in [1.29, 1.82) is 0 Å². The van der Waals surface area contributed by atoms with Gasteiger partial charge < -0.3 is 19.2 Å². The largest absolute Gasteiger partial charge is 0.489 e. The van der Waals surface area contributed by atoms with Crippen molar-refractivity contribution in [3.05, 3.63) is 47.4 Å². The van der Waals surface area contributed by atoms with Crippen molar-refractivity contribution >= 4 is 11.7 Å². The van der Waals surface area contributed by atoms with E-state index in [0.717, 1.165) is 17.0 Å². The molecule has 5 nitrogen and oxygen atoms in total. The van der Waals surface area contributed by atoms with Crippen LogP contribution in [0, 0.1) is 6.92 Å². The molecule has 0 fully saturated rings. The van der Waals surface area contributed by atoms with Gasteiger partial charge in [-0.1, -0.05) is 6.07 Å². The Morgan fingerprint density at radius 3 is 2.70 bits per heavy atom. The van der Waals surface area contributed by atoms with E-state index in [1.54, 1.807) is 6.92 Å². The highest BCUT2D eigenvalue weighted by molar-refractivity contribution is 5.84. The smallest absolute Gasteiger partial charge is 0.371 e. The second-order valence-corrected chi connectivity index (χ2v) is 4.68. The molecule has 106 valence electrons. The van der Waals surface area contributed by atoms with Crippen molar-refractivity contribution in [2.24, 2.45) is 0 Å². The van der Waals surface area contributed by atoms with Crippen LogP contribution in [0.1, 0.15) is 21.9 Å². The van der Waals surface area contributed by atoms with E-state index in [4.69, 9.17) is 14.3 Å². The summed E-state index contributed by atoms with van der Waals surface area (Å²) in [7, 11) is 3.91. The summed E-state index contributed by atoms with van der Waals surface area (Å²) in [5, 5.41) is 8.87. The second-order valence-electron chi connectivity index (χ2n) is 4.68. The Bertz CT molecular complexity index is 616. The lowest BCUT2D eigenvalue weighted by Crippen LogP contribution is -2.08. The molecule has 1 N–H and O–H groups in total. The minimum Gasteiger partial charge on any atom is -0.489 e. The van der Waals surface area contributed by atoms with Gasteiger partial charge in [0, 0.05) is 31.4 Å². The molecule has 1 aromatic carbocycles. The highest BCUT2D eigenvalue weighted by Crippen LogP contribution is 2.22. The lowest BCUT2D eigenvalue weighted by atomic mass is 10.2. The van der Waals surface area contributed by atoms with Gasteiger partial charge in [0.05, 0.1) is 0 Å². The minimum atomic E-state index is -1.08. The Balaban J connectivity index is 2.09. The maximum absolute atomic E-state index is 10.8. The van der Waals surface area contributed by atoms with Crippen molar-refractivity contribution < 1.29 is 19.1 Å². The number of anilines is 1. The lowest BCUT2D eigenvalue weighted by molar-refractivity contribution is 0.0661. The molecular weight excluding hydrogens is 258 g/mol. The molecule has 0 saturated carbocycles. The number of rotatable bonds is 5. The Morgan fingerprint density at radius 2 is 2.10 bits per heavy atom. The summed E-state index contributed by atoms with van der Waals surface area (Å²) >= 11 is 0. The molecule has 1 aromatic heterocycles. The van der Waals surface area contributed by atoms with Gasteiger partial charge in [0.2, 0.25) is 5.76 Å². The number of aromatic carboxylic acids is 1. The van der Waals surface area contributed by atoms with E-state index in [1.165, 1.54) is 6.07 Å². The van der Waals surface area contributed by atoms with E-state index in [0.29, 0.717) is 5.76 Å². The molecule has 0 amide bonds. The van der Waals surface area contributed by atoms with Gasteiger partial charge in [-0.25, -0.2) is 4.79 Å². The number of ether oxygens (including phenoxy) is 1. The summed E-state index contributed by atoms with van der Waals surface area (Å²) in [6.45, 7) is 2.00. The zero-order valence-electron chi connectivity index (χ0n) is 11.7. The van der Waals surface area contributed by atoms with Crippen molar-refractivity contribution in [2.45, 2.75) is 13.5 Å². The summed E-state index contributed by atoms with van der Waals surface area (Å²) in [6.07, 6.45) is 0. The second kappa shape index (κ2) is 5.69. The number of carboxylic acid groups (broad SMARTS) is 1. The fourth-order valence-corrected chi connectivity index (χ4v) is 1.78. The average Bonchev–Trinajstić information content (AvgIpc) is 2.78. The Hall–Kier alpha value is -2.43. The zero-order valence-corrected chi connectivity index (χ0v) is 11.7. The van der Waals surface area contributed by atoms with E-state index >= 15 is 0 Å². The van der Waals surface area contributed by atoms with Gasteiger partial charge in [-0.05, 0) is 25.1 Å². The molecule has 2 rings (SSSR count). The molecule has 0 aliphatic carbocycles. The van der Waals surface area contributed by atoms with Gasteiger partial charge in [-0.15, -0.1) is 0 Å². The van der Waals surface area contributed by atoms with Gasteiger partial charge in [0.1, 0.15) is 18.1 Å². The van der Waals surface area contributed by atoms with Crippen LogP contribution in [0.4, 0.5) is 5.69 Å². The van der Waals surface area contributed by atoms with Crippen molar-refractivity contribution in [1.82, 2.24) is 0 Å². The van der Waals surface area contributed by atoms with E-state index in [2.05, 4.69) is 0 Å². The maximum Gasteiger partial charge on any atom is 0.371 e. The first-order valence-electron chi connectivity index (χ1n) is 6.20. The van der Waals surface area contributed by atoms with Crippen molar-refractivity contribution in [3.63, 3.8) is 0 Å². The number of furan rings is 1. The van der Waals surface area contributed by atoms with E-state index in [1.807, 2.05) is 43.3 Å². The number of hydrogen-bond acceptors (Lipinski definition) is 4. The van der Waals surface area contributed by atoms with Crippen molar-refractivity contribution in [2.75, 3.05) is 19.0 Å². The van der Waals surface area contributed by atoms with Crippen LogP contribution in [0.5, 0.6) is 5.75 Å². The van der Waals surface area contributed by atoms with Crippen LogP contribution in [-0.4, -0.2) is 25.2 Å². The van der Waals surface area contributed by atoms with E-state index in [-0.39, 0.29) is 12.4 Å². The fraction of sp³-hybridized carbons (Fsp3) is 0.267. The Labute approximate surface area is 117 Å². The van der Waals surface area contributed by atoms with Crippen LogP contribution >= 0.6 is 0 Å². The molecule has 0 aliphatic rings. The summed E-state index contributed by atoms with van der Waals surface area (Å²) in [6, 6.07) is 9.18. The molecule has 0 bridgehead atoms. The molecule has 0 saturated heterocycles. The molecular formula is C15H17NO4. The highest BCUT2D eigenvalue weighted by Gasteiger charge is 2.13. The number of carbonyl (C=O) groups is 1. The van der Waals surface area contributed by atoms with Crippen LogP contribution < -0.4 is 9.64 Å². The SMILES string of the molecule is Cc1oc(C(=O)O)cc1COc1cccc(N(C)C)c1. The Kier molecular flexibility index (Phi) is 3.98. The van der Waals surface area contributed by atoms with Crippen LogP contribution in [-0.2, 0) is 6.61 Å². The molecule has 0 aliphatic heterocycles. The van der Waals surface area contributed by atoms with Crippen LogP contribution in [0.15, 0.2) is 34.7 Å². The third-order valence-corrected chi connectivity index (χ3v) is 2.96. The van der Waals surface area contributed by atoms with Crippen molar-refractivity contribution in [3.8, 4) is 5.75 Å². The molecule has 2 aromatic rings. The predicted molar refractivity (Wildman–Crippen MR) is 75.5 cm³/mol. The monoisotopic (exact) mass is 275 g/mol. The quantitative estimate of drug-likeness (QED) is 0.909.